The van der Waals surface area contributed by atoms with Crippen LogP contribution in [0.1, 0.15) is 25.7 Å². The van der Waals surface area contributed by atoms with Gasteiger partial charge in [0.2, 0.25) is 5.91 Å². The average molecular weight is 228 g/mol. The van der Waals surface area contributed by atoms with E-state index in [4.69, 9.17) is 5.11 Å². The second-order valence-electron chi connectivity index (χ2n) is 4.78. The van der Waals surface area contributed by atoms with Crippen molar-refractivity contribution in [2.75, 3.05) is 40.3 Å². The van der Waals surface area contributed by atoms with Crippen LogP contribution in [0.15, 0.2) is 0 Å². The van der Waals surface area contributed by atoms with Crippen LogP contribution in [0.3, 0.4) is 0 Å². The average Bonchev–Trinajstić information content (AvgIpc) is 2.29. The van der Waals surface area contributed by atoms with E-state index in [1.54, 1.807) is 4.90 Å². The van der Waals surface area contributed by atoms with Crippen molar-refractivity contribution in [1.29, 1.82) is 0 Å². The van der Waals surface area contributed by atoms with E-state index in [1.165, 1.54) is 0 Å². The molecule has 1 aliphatic rings. The fourth-order valence-corrected chi connectivity index (χ4v) is 2.22. The van der Waals surface area contributed by atoms with E-state index in [2.05, 4.69) is 4.90 Å². The minimum absolute atomic E-state index is 0.226. The van der Waals surface area contributed by atoms with Crippen LogP contribution in [-0.2, 0) is 4.79 Å². The van der Waals surface area contributed by atoms with Crippen LogP contribution < -0.4 is 0 Å². The number of aliphatic hydroxyl groups is 1. The third-order valence-corrected chi connectivity index (χ3v) is 3.26. The van der Waals surface area contributed by atoms with Crippen molar-refractivity contribution in [1.82, 2.24) is 9.80 Å². The molecular weight excluding hydrogens is 204 g/mol. The lowest BCUT2D eigenvalue weighted by Gasteiger charge is -2.32. The third kappa shape index (κ3) is 4.10. The second kappa shape index (κ2) is 6.86. The van der Waals surface area contributed by atoms with E-state index in [9.17, 15) is 4.79 Å². The molecule has 0 aromatic carbocycles. The summed E-state index contributed by atoms with van der Waals surface area (Å²) in [4.78, 5) is 15.8. The first kappa shape index (κ1) is 13.5. The zero-order chi connectivity index (χ0) is 12.0. The molecule has 1 heterocycles. The van der Waals surface area contributed by atoms with Crippen LogP contribution in [0.2, 0.25) is 0 Å². The van der Waals surface area contributed by atoms with Gasteiger partial charge in [0, 0.05) is 26.6 Å². The molecule has 0 aromatic heterocycles. The third-order valence-electron chi connectivity index (χ3n) is 3.26. The molecule has 0 radical (unpaired) electrons. The van der Waals surface area contributed by atoms with Gasteiger partial charge in [0.1, 0.15) is 0 Å². The molecule has 0 aliphatic carbocycles. The second-order valence-corrected chi connectivity index (χ2v) is 4.78. The number of carbonyl (C=O) groups excluding carboxylic acids is 1. The molecule has 0 unspecified atom stereocenters. The van der Waals surface area contributed by atoms with Crippen LogP contribution in [0.5, 0.6) is 0 Å². The van der Waals surface area contributed by atoms with Crippen molar-refractivity contribution in [2.24, 2.45) is 5.92 Å². The minimum atomic E-state index is 0.226. The number of likely N-dealkylation sites (tertiary alicyclic amines) is 1. The predicted molar refractivity (Wildman–Crippen MR) is 64.2 cm³/mol. The SMILES string of the molecule is CN(C)C(=O)C1CCN(CCCCO)CC1. The van der Waals surface area contributed by atoms with E-state index >= 15 is 0 Å². The Morgan fingerprint density at radius 2 is 1.94 bits per heavy atom. The Hall–Kier alpha value is -0.610. The number of amides is 1. The molecule has 16 heavy (non-hydrogen) atoms. The predicted octanol–water partition coefficient (Wildman–Crippen LogP) is 0.559. The number of rotatable bonds is 5. The zero-order valence-corrected chi connectivity index (χ0v) is 10.5. The van der Waals surface area contributed by atoms with Gasteiger partial charge in [-0.05, 0) is 45.3 Å². The van der Waals surface area contributed by atoms with Crippen LogP contribution in [-0.4, -0.2) is 61.2 Å². The molecule has 0 atom stereocenters. The Balaban J connectivity index is 2.20. The van der Waals surface area contributed by atoms with E-state index in [0.29, 0.717) is 0 Å². The highest BCUT2D eigenvalue weighted by molar-refractivity contribution is 5.78. The highest BCUT2D eigenvalue weighted by Crippen LogP contribution is 2.18. The summed E-state index contributed by atoms with van der Waals surface area (Å²) in [7, 11) is 3.66. The van der Waals surface area contributed by atoms with Crippen molar-refractivity contribution in [3.63, 3.8) is 0 Å². The number of hydrogen-bond donors (Lipinski definition) is 1. The molecule has 1 rings (SSSR count). The normalized spacial score (nSPS) is 18.7. The maximum absolute atomic E-state index is 11.7. The quantitative estimate of drug-likeness (QED) is 0.699. The summed E-state index contributed by atoms with van der Waals surface area (Å²) in [5.41, 5.74) is 0. The molecule has 0 aromatic rings. The maximum Gasteiger partial charge on any atom is 0.225 e. The van der Waals surface area contributed by atoms with Gasteiger partial charge in [-0.2, -0.15) is 0 Å². The molecule has 0 spiro atoms. The maximum atomic E-state index is 11.7. The van der Waals surface area contributed by atoms with Crippen molar-refractivity contribution in [3.8, 4) is 0 Å². The summed E-state index contributed by atoms with van der Waals surface area (Å²) in [5.74, 6) is 0.499. The van der Waals surface area contributed by atoms with Gasteiger partial charge in [-0.1, -0.05) is 0 Å². The van der Waals surface area contributed by atoms with Gasteiger partial charge in [0.15, 0.2) is 0 Å². The molecule has 1 N–H and O–H groups in total. The van der Waals surface area contributed by atoms with Gasteiger partial charge >= 0.3 is 0 Å². The van der Waals surface area contributed by atoms with Crippen LogP contribution in [0.25, 0.3) is 0 Å². The van der Waals surface area contributed by atoms with Gasteiger partial charge in [-0.3, -0.25) is 4.79 Å². The van der Waals surface area contributed by atoms with Crippen molar-refractivity contribution < 1.29 is 9.90 Å². The number of hydrogen-bond acceptors (Lipinski definition) is 3. The Labute approximate surface area is 98.2 Å². The Morgan fingerprint density at radius 3 is 2.44 bits per heavy atom. The summed E-state index contributed by atoms with van der Waals surface area (Å²) in [6.45, 7) is 3.39. The molecule has 1 aliphatic heterocycles. The fraction of sp³-hybridized carbons (Fsp3) is 0.917. The Bertz CT molecular complexity index is 211. The highest BCUT2D eigenvalue weighted by Gasteiger charge is 2.25. The zero-order valence-electron chi connectivity index (χ0n) is 10.5. The van der Waals surface area contributed by atoms with Gasteiger partial charge in [0.05, 0.1) is 0 Å². The highest BCUT2D eigenvalue weighted by atomic mass is 16.2. The summed E-state index contributed by atoms with van der Waals surface area (Å²) >= 11 is 0. The lowest BCUT2D eigenvalue weighted by molar-refractivity contribution is -0.134. The molecule has 1 fully saturated rings. The molecule has 0 saturated carbocycles. The first-order valence-electron chi connectivity index (χ1n) is 6.19. The van der Waals surface area contributed by atoms with Gasteiger partial charge in [-0.25, -0.2) is 0 Å². The van der Waals surface area contributed by atoms with Crippen LogP contribution in [0, 0.1) is 5.92 Å². The number of unbranched alkanes of at least 4 members (excludes halogenated alkanes) is 1. The summed E-state index contributed by atoms with van der Waals surface area (Å²) in [6, 6.07) is 0. The number of piperidine rings is 1. The molecule has 1 amide bonds. The summed E-state index contributed by atoms with van der Waals surface area (Å²) in [5, 5.41) is 8.70. The number of aliphatic hydroxyl groups excluding tert-OH is 1. The Kier molecular flexibility index (Phi) is 5.77. The first-order chi connectivity index (χ1) is 7.65. The van der Waals surface area contributed by atoms with E-state index < -0.39 is 0 Å². The molecule has 94 valence electrons. The molecular formula is C12H24N2O2. The van der Waals surface area contributed by atoms with E-state index in [1.807, 2.05) is 14.1 Å². The molecule has 1 saturated heterocycles. The smallest absolute Gasteiger partial charge is 0.225 e. The van der Waals surface area contributed by atoms with Crippen LogP contribution >= 0.6 is 0 Å². The topological polar surface area (TPSA) is 43.8 Å². The fourth-order valence-electron chi connectivity index (χ4n) is 2.22. The van der Waals surface area contributed by atoms with E-state index in [0.717, 1.165) is 45.3 Å². The van der Waals surface area contributed by atoms with Crippen molar-refractivity contribution in [3.05, 3.63) is 0 Å². The largest absolute Gasteiger partial charge is 0.396 e. The van der Waals surface area contributed by atoms with Crippen molar-refractivity contribution >= 4 is 5.91 Å². The molecule has 4 heteroatoms. The Morgan fingerprint density at radius 1 is 1.31 bits per heavy atom. The standard InChI is InChI=1S/C12H24N2O2/c1-13(2)12(16)11-5-8-14(9-6-11)7-3-4-10-15/h11,15H,3-10H2,1-2H3. The van der Waals surface area contributed by atoms with E-state index in [-0.39, 0.29) is 18.4 Å². The monoisotopic (exact) mass is 228 g/mol. The lowest BCUT2D eigenvalue weighted by atomic mass is 9.95. The lowest BCUT2D eigenvalue weighted by Crippen LogP contribution is -2.40. The minimum Gasteiger partial charge on any atom is -0.396 e. The van der Waals surface area contributed by atoms with Crippen molar-refractivity contribution in [2.45, 2.75) is 25.7 Å². The molecule has 0 bridgehead atoms. The number of nitrogens with zero attached hydrogens (tertiary/aromatic N) is 2. The summed E-state index contributed by atoms with van der Waals surface area (Å²) < 4.78 is 0. The molecule has 4 nitrogen and oxygen atoms in total. The van der Waals surface area contributed by atoms with Gasteiger partial charge in [0.25, 0.3) is 0 Å². The first-order valence-corrected chi connectivity index (χ1v) is 6.19. The number of carbonyl (C=O) groups is 1. The van der Waals surface area contributed by atoms with Gasteiger partial charge in [-0.15, -0.1) is 0 Å². The summed E-state index contributed by atoms with van der Waals surface area (Å²) in [6.07, 6.45) is 3.91. The van der Waals surface area contributed by atoms with Crippen LogP contribution in [0.4, 0.5) is 0 Å². The van der Waals surface area contributed by atoms with Gasteiger partial charge < -0.3 is 14.9 Å².